The molecule has 2 heteroatoms. The Kier molecular flexibility index (Phi) is 3.91. The molecule has 0 fully saturated rings. The van der Waals surface area contributed by atoms with Crippen molar-refractivity contribution in [3.05, 3.63) is 53.6 Å². The Morgan fingerprint density at radius 2 is 1.68 bits per heavy atom. The van der Waals surface area contributed by atoms with Gasteiger partial charge in [-0.25, -0.2) is 0 Å². The van der Waals surface area contributed by atoms with E-state index in [2.05, 4.69) is 45.5 Å². The Morgan fingerprint density at radius 3 is 2.21 bits per heavy atom. The summed E-state index contributed by atoms with van der Waals surface area (Å²) in [7, 11) is 0. The van der Waals surface area contributed by atoms with E-state index in [4.69, 9.17) is 0 Å². The van der Waals surface area contributed by atoms with Gasteiger partial charge in [0.15, 0.2) is 0 Å². The van der Waals surface area contributed by atoms with E-state index in [1.54, 1.807) is 0 Å². The molecule has 0 unspecified atom stereocenters. The van der Waals surface area contributed by atoms with E-state index >= 15 is 0 Å². The summed E-state index contributed by atoms with van der Waals surface area (Å²) >= 11 is 4.32. The fourth-order valence-electron chi connectivity index (χ4n) is 2.09. The second kappa shape index (κ2) is 5.30. The van der Waals surface area contributed by atoms with Crippen LogP contribution in [0.25, 0.3) is 11.1 Å². The summed E-state index contributed by atoms with van der Waals surface area (Å²) in [5, 5.41) is 10.4. The van der Waals surface area contributed by atoms with Gasteiger partial charge in [0.1, 0.15) is 5.75 Å². The number of benzene rings is 2. The first kappa shape index (κ1) is 14.0. The maximum atomic E-state index is 10.4. The molecule has 2 aromatic carbocycles. The van der Waals surface area contributed by atoms with Gasteiger partial charge in [0, 0.05) is 16.9 Å². The Labute approximate surface area is 120 Å². The Balaban J connectivity index is 2.66. The minimum atomic E-state index is 0.0505. The molecule has 0 atom stereocenters. The average Bonchev–Trinajstić information content (AvgIpc) is 2.38. The molecule has 0 aliphatic rings. The quantitative estimate of drug-likeness (QED) is 0.753. The molecule has 0 saturated carbocycles. The van der Waals surface area contributed by atoms with Crippen LogP contribution in [0.4, 0.5) is 0 Å². The van der Waals surface area contributed by atoms with Crippen molar-refractivity contribution >= 4 is 12.6 Å². The maximum absolute atomic E-state index is 10.4. The van der Waals surface area contributed by atoms with Crippen LogP contribution in [0.3, 0.4) is 0 Å². The van der Waals surface area contributed by atoms with E-state index in [0.29, 0.717) is 11.5 Å². The molecule has 0 aliphatic carbocycles. The standard InChI is InChI=1S/C17H20OS/c1-17(2,3)14-9-13(11-19)16(18)15(10-14)12-7-5-4-6-8-12/h4-10,18-19H,11H2,1-3H3. The molecule has 0 radical (unpaired) electrons. The van der Waals surface area contributed by atoms with Crippen molar-refractivity contribution in [3.63, 3.8) is 0 Å². The lowest BCUT2D eigenvalue weighted by Gasteiger charge is -2.22. The second-order valence-electron chi connectivity index (χ2n) is 5.81. The summed E-state index contributed by atoms with van der Waals surface area (Å²) in [5.74, 6) is 0.879. The van der Waals surface area contributed by atoms with Crippen LogP contribution in [0, 0.1) is 0 Å². The predicted octanol–water partition coefficient (Wildman–Crippen LogP) is 4.79. The number of thiol groups is 1. The summed E-state index contributed by atoms with van der Waals surface area (Å²) < 4.78 is 0. The van der Waals surface area contributed by atoms with Gasteiger partial charge in [0.25, 0.3) is 0 Å². The summed E-state index contributed by atoms with van der Waals surface area (Å²) in [5.41, 5.74) is 4.07. The van der Waals surface area contributed by atoms with Gasteiger partial charge in [0.2, 0.25) is 0 Å². The van der Waals surface area contributed by atoms with Crippen molar-refractivity contribution in [2.24, 2.45) is 0 Å². The van der Waals surface area contributed by atoms with Gasteiger partial charge >= 0.3 is 0 Å². The van der Waals surface area contributed by atoms with Crippen LogP contribution in [0.15, 0.2) is 42.5 Å². The maximum Gasteiger partial charge on any atom is 0.127 e. The molecule has 0 amide bonds. The van der Waals surface area contributed by atoms with E-state index in [0.717, 1.165) is 16.7 Å². The summed E-state index contributed by atoms with van der Waals surface area (Å²) in [6, 6.07) is 14.1. The molecule has 0 aromatic heterocycles. The van der Waals surface area contributed by atoms with Gasteiger partial charge in [-0.05, 0) is 22.6 Å². The van der Waals surface area contributed by atoms with Gasteiger partial charge < -0.3 is 5.11 Å². The Morgan fingerprint density at radius 1 is 1.05 bits per heavy atom. The smallest absolute Gasteiger partial charge is 0.127 e. The lowest BCUT2D eigenvalue weighted by molar-refractivity contribution is 0.471. The van der Waals surface area contributed by atoms with Crippen LogP contribution in [-0.2, 0) is 11.2 Å². The fraction of sp³-hybridized carbons (Fsp3) is 0.294. The van der Waals surface area contributed by atoms with E-state index < -0.39 is 0 Å². The van der Waals surface area contributed by atoms with Crippen LogP contribution >= 0.6 is 12.6 Å². The molecule has 0 saturated heterocycles. The SMILES string of the molecule is CC(C)(C)c1cc(CS)c(O)c(-c2ccccc2)c1. The highest BCUT2D eigenvalue weighted by atomic mass is 32.1. The van der Waals surface area contributed by atoms with Crippen LogP contribution in [-0.4, -0.2) is 5.11 Å². The monoisotopic (exact) mass is 272 g/mol. The normalized spacial score (nSPS) is 11.6. The minimum absolute atomic E-state index is 0.0505. The molecule has 1 nitrogen and oxygen atoms in total. The largest absolute Gasteiger partial charge is 0.507 e. The van der Waals surface area contributed by atoms with Crippen LogP contribution in [0.1, 0.15) is 31.9 Å². The molecular weight excluding hydrogens is 252 g/mol. The number of hydrogen-bond donors (Lipinski definition) is 2. The molecule has 2 rings (SSSR count). The molecular formula is C17H20OS. The fourth-order valence-corrected chi connectivity index (χ4v) is 2.33. The van der Waals surface area contributed by atoms with E-state index in [-0.39, 0.29) is 5.41 Å². The van der Waals surface area contributed by atoms with Gasteiger partial charge in [0.05, 0.1) is 0 Å². The highest BCUT2D eigenvalue weighted by Crippen LogP contribution is 2.37. The van der Waals surface area contributed by atoms with Crippen molar-refractivity contribution in [3.8, 4) is 16.9 Å². The van der Waals surface area contributed by atoms with Gasteiger partial charge in [-0.1, -0.05) is 57.2 Å². The first-order valence-corrected chi connectivity index (χ1v) is 7.09. The van der Waals surface area contributed by atoms with Crippen molar-refractivity contribution in [2.45, 2.75) is 31.9 Å². The number of phenolic OH excluding ortho intramolecular Hbond substituents is 1. The number of phenols is 1. The third-order valence-corrected chi connectivity index (χ3v) is 3.65. The lowest BCUT2D eigenvalue weighted by Crippen LogP contribution is -2.11. The lowest BCUT2D eigenvalue weighted by atomic mass is 9.84. The third kappa shape index (κ3) is 2.95. The molecule has 0 aliphatic heterocycles. The van der Waals surface area contributed by atoms with Crippen LogP contribution in [0.5, 0.6) is 5.75 Å². The number of aromatic hydroxyl groups is 1. The summed E-state index contributed by atoms with van der Waals surface area (Å²) in [6.45, 7) is 6.53. The van der Waals surface area contributed by atoms with E-state index in [1.807, 2.05) is 30.3 Å². The third-order valence-electron chi connectivity index (χ3n) is 3.31. The molecule has 1 N–H and O–H groups in total. The van der Waals surface area contributed by atoms with Crippen molar-refractivity contribution in [1.29, 1.82) is 0 Å². The second-order valence-corrected chi connectivity index (χ2v) is 6.12. The van der Waals surface area contributed by atoms with Gasteiger partial charge in [-0.15, -0.1) is 0 Å². The minimum Gasteiger partial charge on any atom is -0.507 e. The van der Waals surface area contributed by atoms with Crippen LogP contribution < -0.4 is 0 Å². The van der Waals surface area contributed by atoms with E-state index in [1.165, 1.54) is 5.56 Å². The van der Waals surface area contributed by atoms with Crippen molar-refractivity contribution in [2.75, 3.05) is 0 Å². The highest BCUT2D eigenvalue weighted by molar-refractivity contribution is 7.79. The molecule has 19 heavy (non-hydrogen) atoms. The molecule has 0 bridgehead atoms. The summed E-state index contributed by atoms with van der Waals surface area (Å²) in [4.78, 5) is 0. The zero-order chi connectivity index (χ0) is 14.0. The Bertz CT molecular complexity index is 568. The zero-order valence-electron chi connectivity index (χ0n) is 11.6. The molecule has 2 aromatic rings. The molecule has 0 heterocycles. The zero-order valence-corrected chi connectivity index (χ0v) is 12.5. The van der Waals surface area contributed by atoms with Crippen LogP contribution in [0.2, 0.25) is 0 Å². The number of rotatable bonds is 2. The van der Waals surface area contributed by atoms with Crippen molar-refractivity contribution < 1.29 is 5.11 Å². The predicted molar refractivity (Wildman–Crippen MR) is 84.9 cm³/mol. The Hall–Kier alpha value is -1.41. The highest BCUT2D eigenvalue weighted by Gasteiger charge is 2.18. The van der Waals surface area contributed by atoms with Crippen molar-refractivity contribution in [1.82, 2.24) is 0 Å². The summed E-state index contributed by atoms with van der Waals surface area (Å²) in [6.07, 6.45) is 0. The topological polar surface area (TPSA) is 20.2 Å². The first-order valence-electron chi connectivity index (χ1n) is 6.46. The van der Waals surface area contributed by atoms with Gasteiger partial charge in [-0.2, -0.15) is 12.6 Å². The number of hydrogen-bond acceptors (Lipinski definition) is 2. The molecule has 100 valence electrons. The first-order chi connectivity index (χ1) is 8.93. The average molecular weight is 272 g/mol. The molecule has 0 spiro atoms. The van der Waals surface area contributed by atoms with E-state index in [9.17, 15) is 5.11 Å². The van der Waals surface area contributed by atoms with Gasteiger partial charge in [-0.3, -0.25) is 0 Å².